The third-order valence-corrected chi connectivity index (χ3v) is 4.70. The number of rotatable bonds is 8. The predicted octanol–water partition coefficient (Wildman–Crippen LogP) is 3.70. The molecule has 0 aliphatic heterocycles. The summed E-state index contributed by atoms with van der Waals surface area (Å²) in [4.78, 5) is 35.0. The van der Waals surface area contributed by atoms with Crippen molar-refractivity contribution in [3.63, 3.8) is 0 Å². The maximum absolute atomic E-state index is 12.7. The fourth-order valence-electron chi connectivity index (χ4n) is 3.13. The summed E-state index contributed by atoms with van der Waals surface area (Å²) in [5.74, 6) is -0.433. The number of ketones is 1. The van der Waals surface area contributed by atoms with Crippen molar-refractivity contribution in [1.29, 1.82) is 0 Å². The first-order chi connectivity index (χ1) is 14.3. The van der Waals surface area contributed by atoms with Crippen LogP contribution in [0.1, 0.15) is 37.9 Å². The van der Waals surface area contributed by atoms with Gasteiger partial charge in [-0.2, -0.15) is 0 Å². The number of esters is 1. The van der Waals surface area contributed by atoms with Crippen molar-refractivity contribution in [3.05, 3.63) is 81.1 Å². The molecule has 0 bridgehead atoms. The van der Waals surface area contributed by atoms with Crippen molar-refractivity contribution in [2.24, 2.45) is 0 Å². The zero-order chi connectivity index (χ0) is 21.8. The molecule has 0 fully saturated rings. The summed E-state index contributed by atoms with van der Waals surface area (Å²) in [6.45, 7) is 3.74. The van der Waals surface area contributed by atoms with Gasteiger partial charge in [0.25, 0.3) is 0 Å². The van der Waals surface area contributed by atoms with Crippen molar-refractivity contribution < 1.29 is 28.4 Å². The zero-order valence-corrected chi connectivity index (χ0v) is 16.7. The standard InChI is InChI=1S/C21H20N2O7/c1-13-9-17(14(2)22(13)11-16-5-4-8-29-16)19(24)12-30-20-10-15(21(25)28-3)6-7-18(20)23(26)27/h4-10H,11-12H2,1-3H3. The van der Waals surface area contributed by atoms with Gasteiger partial charge in [0.1, 0.15) is 5.76 Å². The van der Waals surface area contributed by atoms with E-state index in [-0.39, 0.29) is 22.8 Å². The number of benzene rings is 1. The van der Waals surface area contributed by atoms with Gasteiger partial charge in [0.2, 0.25) is 5.78 Å². The fourth-order valence-corrected chi connectivity index (χ4v) is 3.13. The summed E-state index contributed by atoms with van der Waals surface area (Å²) >= 11 is 0. The van der Waals surface area contributed by atoms with Crippen LogP contribution < -0.4 is 4.74 Å². The molecule has 0 saturated heterocycles. The second kappa shape index (κ2) is 8.64. The third-order valence-electron chi connectivity index (χ3n) is 4.70. The Balaban J connectivity index is 1.80. The van der Waals surface area contributed by atoms with Gasteiger partial charge in [0, 0.05) is 29.1 Å². The van der Waals surface area contributed by atoms with Gasteiger partial charge in [-0.15, -0.1) is 0 Å². The summed E-state index contributed by atoms with van der Waals surface area (Å²) in [5.41, 5.74) is 1.79. The number of ether oxygens (including phenoxy) is 2. The number of aryl methyl sites for hydroxylation is 1. The SMILES string of the molecule is COC(=O)c1ccc([N+](=O)[O-])c(OCC(=O)c2cc(C)n(Cc3ccco3)c2C)c1. The lowest BCUT2D eigenvalue weighted by molar-refractivity contribution is -0.385. The molecule has 0 aliphatic carbocycles. The fraction of sp³-hybridized carbons (Fsp3) is 0.238. The van der Waals surface area contributed by atoms with E-state index in [4.69, 9.17) is 9.15 Å². The van der Waals surface area contributed by atoms with Crippen LogP contribution in [0.5, 0.6) is 5.75 Å². The number of carbonyl (C=O) groups excluding carboxylic acids is 2. The first-order valence-electron chi connectivity index (χ1n) is 9.03. The highest BCUT2D eigenvalue weighted by molar-refractivity contribution is 5.98. The topological polar surface area (TPSA) is 114 Å². The van der Waals surface area contributed by atoms with Crippen LogP contribution in [-0.4, -0.2) is 35.0 Å². The number of nitro benzene ring substituents is 1. The number of methoxy groups -OCH3 is 1. The van der Waals surface area contributed by atoms with Crippen LogP contribution in [-0.2, 0) is 11.3 Å². The van der Waals surface area contributed by atoms with E-state index >= 15 is 0 Å². The molecule has 9 heteroatoms. The average molecular weight is 412 g/mol. The Labute approximate surface area is 172 Å². The van der Waals surface area contributed by atoms with E-state index in [2.05, 4.69) is 4.74 Å². The Bertz CT molecular complexity index is 1100. The Kier molecular flexibility index (Phi) is 6.01. The molecule has 3 rings (SSSR count). The van der Waals surface area contributed by atoms with Gasteiger partial charge in [-0.1, -0.05) is 0 Å². The summed E-state index contributed by atoms with van der Waals surface area (Å²) < 4.78 is 17.4. The normalized spacial score (nSPS) is 10.6. The van der Waals surface area contributed by atoms with Gasteiger partial charge in [0.05, 0.1) is 30.4 Å². The number of nitrogens with zero attached hydrogens (tertiary/aromatic N) is 2. The van der Waals surface area contributed by atoms with E-state index in [0.717, 1.165) is 23.2 Å². The van der Waals surface area contributed by atoms with E-state index in [1.54, 1.807) is 18.4 Å². The quantitative estimate of drug-likeness (QED) is 0.240. The number of carbonyl (C=O) groups is 2. The number of nitro groups is 1. The summed E-state index contributed by atoms with van der Waals surface area (Å²) in [5, 5.41) is 11.3. The minimum Gasteiger partial charge on any atom is -0.478 e. The molecule has 30 heavy (non-hydrogen) atoms. The summed E-state index contributed by atoms with van der Waals surface area (Å²) in [6, 6.07) is 8.97. The second-order valence-corrected chi connectivity index (χ2v) is 6.59. The van der Waals surface area contributed by atoms with Gasteiger partial charge in [-0.3, -0.25) is 14.9 Å². The highest BCUT2D eigenvalue weighted by Crippen LogP contribution is 2.29. The lowest BCUT2D eigenvalue weighted by Crippen LogP contribution is -2.14. The van der Waals surface area contributed by atoms with E-state index in [1.807, 2.05) is 24.5 Å². The molecule has 0 radical (unpaired) electrons. The number of Topliss-reactive ketones (excluding diaryl/α,β-unsaturated/α-hetero) is 1. The lowest BCUT2D eigenvalue weighted by Gasteiger charge is -2.09. The van der Waals surface area contributed by atoms with Crippen LogP contribution >= 0.6 is 0 Å². The van der Waals surface area contributed by atoms with E-state index < -0.39 is 17.5 Å². The molecule has 0 aliphatic rings. The number of furan rings is 1. The first-order valence-corrected chi connectivity index (χ1v) is 9.03. The van der Waals surface area contributed by atoms with Gasteiger partial charge in [-0.05, 0) is 38.1 Å². The van der Waals surface area contributed by atoms with Crippen molar-refractivity contribution in [1.82, 2.24) is 4.57 Å². The minimum atomic E-state index is -0.664. The van der Waals surface area contributed by atoms with E-state index in [0.29, 0.717) is 12.1 Å². The van der Waals surface area contributed by atoms with Crippen molar-refractivity contribution in [3.8, 4) is 5.75 Å². The molecule has 0 N–H and O–H groups in total. The van der Waals surface area contributed by atoms with Gasteiger partial charge < -0.3 is 18.5 Å². The Morgan fingerprint density at radius 1 is 1.20 bits per heavy atom. The molecular weight excluding hydrogens is 392 g/mol. The first kappa shape index (κ1) is 20.8. The number of hydrogen-bond donors (Lipinski definition) is 0. The monoisotopic (exact) mass is 412 g/mol. The Hall–Kier alpha value is -3.88. The average Bonchev–Trinajstić information content (AvgIpc) is 3.34. The molecule has 0 atom stereocenters. The molecule has 9 nitrogen and oxygen atoms in total. The van der Waals surface area contributed by atoms with Crippen LogP contribution in [0.2, 0.25) is 0 Å². The van der Waals surface area contributed by atoms with Gasteiger partial charge >= 0.3 is 11.7 Å². The van der Waals surface area contributed by atoms with Crippen molar-refractivity contribution >= 4 is 17.4 Å². The van der Waals surface area contributed by atoms with Crippen molar-refractivity contribution in [2.45, 2.75) is 20.4 Å². The summed E-state index contributed by atoms with van der Waals surface area (Å²) in [7, 11) is 1.20. The minimum absolute atomic E-state index is 0.0853. The van der Waals surface area contributed by atoms with Gasteiger partial charge in [0.15, 0.2) is 12.4 Å². The molecule has 2 heterocycles. The predicted molar refractivity (Wildman–Crippen MR) is 106 cm³/mol. The molecule has 156 valence electrons. The Morgan fingerprint density at radius 2 is 1.97 bits per heavy atom. The molecule has 0 amide bonds. The Morgan fingerprint density at radius 3 is 2.60 bits per heavy atom. The summed E-state index contributed by atoms with van der Waals surface area (Å²) in [6.07, 6.45) is 1.58. The third kappa shape index (κ3) is 4.24. The molecule has 3 aromatic rings. The van der Waals surface area contributed by atoms with Gasteiger partial charge in [-0.25, -0.2) is 4.79 Å². The lowest BCUT2D eigenvalue weighted by atomic mass is 10.1. The highest BCUT2D eigenvalue weighted by Gasteiger charge is 2.21. The van der Waals surface area contributed by atoms with E-state index in [1.165, 1.54) is 19.2 Å². The largest absolute Gasteiger partial charge is 0.478 e. The molecule has 0 spiro atoms. The maximum Gasteiger partial charge on any atom is 0.337 e. The highest BCUT2D eigenvalue weighted by atomic mass is 16.6. The zero-order valence-electron chi connectivity index (χ0n) is 16.7. The van der Waals surface area contributed by atoms with Crippen LogP contribution in [0.4, 0.5) is 5.69 Å². The van der Waals surface area contributed by atoms with Crippen LogP contribution in [0.25, 0.3) is 0 Å². The molecule has 2 aromatic heterocycles. The molecule has 0 saturated carbocycles. The maximum atomic E-state index is 12.7. The van der Waals surface area contributed by atoms with E-state index in [9.17, 15) is 19.7 Å². The second-order valence-electron chi connectivity index (χ2n) is 6.59. The number of hydrogen-bond acceptors (Lipinski definition) is 7. The molecular formula is C21H20N2O7. The van der Waals surface area contributed by atoms with Crippen LogP contribution in [0.15, 0.2) is 47.1 Å². The molecule has 1 aromatic carbocycles. The van der Waals surface area contributed by atoms with Crippen molar-refractivity contribution in [2.75, 3.05) is 13.7 Å². The van der Waals surface area contributed by atoms with Crippen LogP contribution in [0, 0.1) is 24.0 Å². The number of aromatic nitrogens is 1. The van der Waals surface area contributed by atoms with Crippen LogP contribution in [0.3, 0.4) is 0 Å². The molecule has 0 unspecified atom stereocenters. The smallest absolute Gasteiger partial charge is 0.337 e.